The molecule has 0 saturated heterocycles. The van der Waals surface area contributed by atoms with E-state index >= 15 is 0 Å². The summed E-state index contributed by atoms with van der Waals surface area (Å²) in [5.41, 5.74) is 0. The number of carbonyl (C=O) groups excluding carboxylic acids is 1. The molecule has 1 nitrogen and oxygen atoms in total. The van der Waals surface area contributed by atoms with Crippen molar-refractivity contribution in [1.82, 2.24) is 0 Å². The third kappa shape index (κ3) is 3.22. The molecule has 0 saturated carbocycles. The molecule has 0 amide bonds. The third-order valence-corrected chi connectivity index (χ3v) is 3.37. The van der Waals surface area contributed by atoms with Gasteiger partial charge in [0.1, 0.15) is 0 Å². The Labute approximate surface area is 76.8 Å². The van der Waals surface area contributed by atoms with Crippen LogP contribution in [0.15, 0.2) is 7.87 Å². The third-order valence-electron chi connectivity index (χ3n) is 0.338. The Balaban J connectivity index is 4.23. The first-order valence-electron chi connectivity index (χ1n) is 1.46. The molecule has 46 valence electrons. The first kappa shape index (κ1) is 9.14. The Morgan fingerprint density at radius 1 is 1.25 bits per heavy atom. The van der Waals surface area contributed by atoms with Gasteiger partial charge >= 0.3 is 0 Å². The SMILES string of the molecule is O=C(Cl)C(Br)=C(Br)Br. The Morgan fingerprint density at radius 2 is 1.62 bits per heavy atom. The molecular weight excluding hydrogens is 327 g/mol. The molecule has 5 heteroatoms. The molecule has 0 radical (unpaired) electrons. The molecule has 0 aromatic carbocycles. The average Bonchev–Trinajstić information content (AvgIpc) is 1.64. The smallest absolute Gasteiger partial charge is 0.261 e. The van der Waals surface area contributed by atoms with Crippen molar-refractivity contribution in [1.29, 1.82) is 0 Å². The van der Waals surface area contributed by atoms with Crippen LogP contribution in [0.25, 0.3) is 0 Å². The van der Waals surface area contributed by atoms with Gasteiger partial charge in [-0.2, -0.15) is 0 Å². The second kappa shape index (κ2) is 4.04. The van der Waals surface area contributed by atoms with Crippen molar-refractivity contribution in [3.05, 3.63) is 7.87 Å². The van der Waals surface area contributed by atoms with Crippen LogP contribution in [0.3, 0.4) is 0 Å². The lowest BCUT2D eigenvalue weighted by Crippen LogP contribution is -1.82. The summed E-state index contributed by atoms with van der Waals surface area (Å²) >= 11 is 13.9. The molecule has 0 rings (SSSR count). The molecule has 0 heterocycles. The van der Waals surface area contributed by atoms with Crippen LogP contribution in [0.1, 0.15) is 0 Å². The maximum atomic E-state index is 10.2. The predicted molar refractivity (Wildman–Crippen MR) is 44.7 cm³/mol. The summed E-state index contributed by atoms with van der Waals surface area (Å²) < 4.78 is 0.809. The molecule has 0 aromatic rings. The lowest BCUT2D eigenvalue weighted by molar-refractivity contribution is -0.107. The highest BCUT2D eigenvalue weighted by Gasteiger charge is 2.03. The van der Waals surface area contributed by atoms with Gasteiger partial charge in [-0.3, -0.25) is 4.79 Å². The molecule has 0 spiro atoms. The highest BCUT2D eigenvalue weighted by Crippen LogP contribution is 2.24. The van der Waals surface area contributed by atoms with Gasteiger partial charge in [-0.25, -0.2) is 0 Å². The van der Waals surface area contributed by atoms with Crippen LogP contribution in [0.4, 0.5) is 0 Å². The van der Waals surface area contributed by atoms with E-state index in [-0.39, 0.29) is 0 Å². The van der Waals surface area contributed by atoms with Crippen LogP contribution in [-0.4, -0.2) is 5.24 Å². The highest BCUT2D eigenvalue weighted by molar-refractivity contribution is 9.29. The molecule has 8 heavy (non-hydrogen) atoms. The van der Waals surface area contributed by atoms with Crippen molar-refractivity contribution in [2.45, 2.75) is 0 Å². The number of allylic oxidation sites excluding steroid dienone is 1. The van der Waals surface area contributed by atoms with Gasteiger partial charge in [0.2, 0.25) is 0 Å². The Bertz CT molecular complexity index is 137. The minimum atomic E-state index is -0.534. The minimum Gasteiger partial charge on any atom is -0.275 e. The fraction of sp³-hybridized carbons (Fsp3) is 0. The molecule has 0 bridgehead atoms. The van der Waals surface area contributed by atoms with Crippen molar-refractivity contribution in [2.24, 2.45) is 0 Å². The molecule has 0 N–H and O–H groups in total. The van der Waals surface area contributed by atoms with Crippen LogP contribution >= 0.6 is 59.4 Å². The van der Waals surface area contributed by atoms with Crippen LogP contribution in [0.2, 0.25) is 0 Å². The molecule has 0 aliphatic rings. The minimum absolute atomic E-state index is 0.291. The van der Waals surface area contributed by atoms with Gasteiger partial charge in [-0.15, -0.1) is 0 Å². The van der Waals surface area contributed by atoms with Gasteiger partial charge in [0, 0.05) is 0 Å². The van der Waals surface area contributed by atoms with E-state index < -0.39 is 5.24 Å². The van der Waals surface area contributed by atoms with Crippen LogP contribution in [0, 0.1) is 0 Å². The van der Waals surface area contributed by atoms with Crippen LogP contribution in [0.5, 0.6) is 0 Å². The lowest BCUT2D eigenvalue weighted by atomic mass is 10.7. The van der Waals surface area contributed by atoms with Crippen molar-refractivity contribution in [3.63, 3.8) is 0 Å². The summed E-state index contributed by atoms with van der Waals surface area (Å²) in [6.45, 7) is 0. The number of carbonyl (C=O) groups is 1. The molecule has 0 fully saturated rings. The molecule has 0 aliphatic heterocycles. The molecule has 0 unspecified atom stereocenters. The number of rotatable bonds is 1. The van der Waals surface area contributed by atoms with E-state index in [1.807, 2.05) is 0 Å². The van der Waals surface area contributed by atoms with E-state index in [1.54, 1.807) is 0 Å². The Hall–Kier alpha value is 1.14. The van der Waals surface area contributed by atoms with Gasteiger partial charge in [0.05, 0.1) is 7.87 Å². The summed E-state index contributed by atoms with van der Waals surface area (Å²) in [5, 5.41) is -0.534. The van der Waals surface area contributed by atoms with Crippen LogP contribution in [-0.2, 0) is 4.79 Å². The highest BCUT2D eigenvalue weighted by atomic mass is 79.9. The number of hydrogen-bond acceptors (Lipinski definition) is 1. The van der Waals surface area contributed by atoms with E-state index in [4.69, 9.17) is 11.6 Å². The fourth-order valence-corrected chi connectivity index (χ4v) is 0.757. The summed E-state index contributed by atoms with van der Waals surface area (Å²) in [6, 6.07) is 0. The second-order valence-electron chi connectivity index (χ2n) is 0.848. The summed E-state index contributed by atoms with van der Waals surface area (Å²) in [6.07, 6.45) is 0. The maximum absolute atomic E-state index is 10.2. The zero-order chi connectivity index (χ0) is 6.73. The zero-order valence-corrected chi connectivity index (χ0v) is 8.93. The quantitative estimate of drug-likeness (QED) is 0.534. The summed E-state index contributed by atoms with van der Waals surface area (Å²) in [4.78, 5) is 10.2. The molecule has 0 aliphatic carbocycles. The topological polar surface area (TPSA) is 17.1 Å². The standard InChI is InChI=1S/C3Br3ClO/c4-1(2(5)6)3(7)8. The molecule has 0 aromatic heterocycles. The average molecular weight is 327 g/mol. The predicted octanol–water partition coefficient (Wildman–Crippen LogP) is 3.11. The van der Waals surface area contributed by atoms with Gasteiger partial charge in [-0.1, -0.05) is 0 Å². The first-order valence-corrected chi connectivity index (χ1v) is 4.22. The van der Waals surface area contributed by atoms with Crippen molar-refractivity contribution < 1.29 is 4.79 Å². The van der Waals surface area contributed by atoms with Gasteiger partial charge in [0.25, 0.3) is 5.24 Å². The number of halogens is 4. The molecule has 0 atom stereocenters. The lowest BCUT2D eigenvalue weighted by Gasteiger charge is -1.85. The monoisotopic (exact) mass is 324 g/mol. The van der Waals surface area contributed by atoms with E-state index in [9.17, 15) is 4.79 Å². The second-order valence-corrected chi connectivity index (χ2v) is 4.63. The maximum Gasteiger partial charge on any atom is 0.261 e. The van der Waals surface area contributed by atoms with E-state index in [0.717, 1.165) is 0 Å². The van der Waals surface area contributed by atoms with Crippen molar-refractivity contribution >= 4 is 64.6 Å². The van der Waals surface area contributed by atoms with Gasteiger partial charge in [0.15, 0.2) is 0 Å². The zero-order valence-electron chi connectivity index (χ0n) is 3.42. The van der Waals surface area contributed by atoms with E-state index in [0.29, 0.717) is 7.87 Å². The number of hydrogen-bond donors (Lipinski definition) is 0. The normalized spacial score (nSPS) is 8.50. The van der Waals surface area contributed by atoms with Crippen molar-refractivity contribution in [3.8, 4) is 0 Å². The summed E-state index contributed by atoms with van der Waals surface area (Å²) in [5.74, 6) is 0. The van der Waals surface area contributed by atoms with Crippen molar-refractivity contribution in [2.75, 3.05) is 0 Å². The van der Waals surface area contributed by atoms with Crippen LogP contribution < -0.4 is 0 Å². The largest absolute Gasteiger partial charge is 0.275 e. The fourth-order valence-electron chi connectivity index (χ4n) is 0.0743. The van der Waals surface area contributed by atoms with Gasteiger partial charge in [-0.05, 0) is 59.4 Å². The Morgan fingerprint density at radius 3 is 1.62 bits per heavy atom. The van der Waals surface area contributed by atoms with Gasteiger partial charge < -0.3 is 0 Å². The molecular formula is C3Br3ClO. The van der Waals surface area contributed by atoms with E-state index in [1.165, 1.54) is 0 Å². The Kier molecular flexibility index (Phi) is 4.61. The first-order chi connectivity index (χ1) is 3.55. The van der Waals surface area contributed by atoms with E-state index in [2.05, 4.69) is 47.8 Å². The summed E-state index contributed by atoms with van der Waals surface area (Å²) in [7, 11) is 0.